The topological polar surface area (TPSA) is 97.3 Å². The second-order valence-corrected chi connectivity index (χ2v) is 5.44. The second kappa shape index (κ2) is 5.53. The summed E-state index contributed by atoms with van der Waals surface area (Å²) >= 11 is 1.34. The molecule has 5 N–H and O–H groups in total. The molecule has 1 fully saturated rings. The molecule has 2 heterocycles. The predicted molar refractivity (Wildman–Crippen MR) is 74.0 cm³/mol. The van der Waals surface area contributed by atoms with E-state index in [1.807, 2.05) is 6.92 Å². The number of thiazole rings is 1. The van der Waals surface area contributed by atoms with Crippen molar-refractivity contribution in [3.8, 4) is 0 Å². The zero-order valence-electron chi connectivity index (χ0n) is 10.5. The van der Waals surface area contributed by atoms with E-state index in [1.54, 1.807) is 0 Å². The summed E-state index contributed by atoms with van der Waals surface area (Å²) in [4.78, 5) is 18.7. The molecule has 0 radical (unpaired) electrons. The van der Waals surface area contributed by atoms with Crippen LogP contribution in [0.1, 0.15) is 29.4 Å². The van der Waals surface area contributed by atoms with Crippen LogP contribution in [0.5, 0.6) is 0 Å². The van der Waals surface area contributed by atoms with Crippen LogP contribution in [0, 0.1) is 0 Å². The highest BCUT2D eigenvalue weighted by atomic mass is 32.1. The van der Waals surface area contributed by atoms with Gasteiger partial charge in [-0.1, -0.05) is 18.3 Å². The Morgan fingerprint density at radius 2 is 2.44 bits per heavy atom. The number of carbonyl (C=O) groups is 1. The summed E-state index contributed by atoms with van der Waals surface area (Å²) in [5, 5.41) is 3.60. The number of nitrogens with one attached hydrogen (secondary N) is 1. The lowest BCUT2D eigenvalue weighted by Gasteiger charge is -2.12. The third kappa shape index (κ3) is 2.73. The van der Waals surface area contributed by atoms with E-state index in [4.69, 9.17) is 11.5 Å². The Morgan fingerprint density at radius 1 is 1.67 bits per heavy atom. The summed E-state index contributed by atoms with van der Waals surface area (Å²) in [5.74, 6) is 0.172. The van der Waals surface area contributed by atoms with Crippen molar-refractivity contribution in [2.24, 2.45) is 5.73 Å². The minimum Gasteiger partial charge on any atom is -0.382 e. The van der Waals surface area contributed by atoms with E-state index < -0.39 is 0 Å². The van der Waals surface area contributed by atoms with Gasteiger partial charge in [0.2, 0.25) is 0 Å². The van der Waals surface area contributed by atoms with Crippen LogP contribution < -0.4 is 21.7 Å². The molecule has 0 aromatic carbocycles. The number of hydrogen-bond acceptors (Lipinski definition) is 6. The molecule has 1 unspecified atom stereocenters. The minimum absolute atomic E-state index is 0.137. The van der Waals surface area contributed by atoms with Crippen molar-refractivity contribution >= 4 is 28.2 Å². The Hall–Kier alpha value is -1.34. The molecule has 1 aliphatic heterocycles. The maximum Gasteiger partial charge on any atom is 0.265 e. The summed E-state index contributed by atoms with van der Waals surface area (Å²) < 4.78 is 0. The molecule has 2 rings (SSSR count). The molecule has 1 amide bonds. The number of nitrogens with zero attached hydrogens (tertiary/aromatic N) is 2. The van der Waals surface area contributed by atoms with Crippen LogP contribution in [0.15, 0.2) is 0 Å². The normalized spacial score (nSPS) is 19.2. The summed E-state index contributed by atoms with van der Waals surface area (Å²) in [6.45, 7) is 4.32. The van der Waals surface area contributed by atoms with E-state index in [9.17, 15) is 4.79 Å². The maximum absolute atomic E-state index is 11.9. The van der Waals surface area contributed by atoms with Crippen LogP contribution in [-0.2, 0) is 0 Å². The van der Waals surface area contributed by atoms with Gasteiger partial charge in [0.25, 0.3) is 5.91 Å². The lowest BCUT2D eigenvalue weighted by molar-refractivity contribution is 0.0958. The lowest BCUT2D eigenvalue weighted by atomic mass is 10.3. The molecule has 1 saturated heterocycles. The van der Waals surface area contributed by atoms with E-state index in [0.717, 1.165) is 31.1 Å². The van der Waals surface area contributed by atoms with E-state index >= 15 is 0 Å². The third-order valence-corrected chi connectivity index (χ3v) is 4.01. The van der Waals surface area contributed by atoms with Crippen molar-refractivity contribution < 1.29 is 4.79 Å². The van der Waals surface area contributed by atoms with Gasteiger partial charge >= 0.3 is 0 Å². The summed E-state index contributed by atoms with van der Waals surface area (Å²) in [6.07, 6.45) is 1.86. The van der Waals surface area contributed by atoms with Crippen molar-refractivity contribution in [1.29, 1.82) is 0 Å². The molecule has 18 heavy (non-hydrogen) atoms. The number of anilines is 2. The minimum atomic E-state index is -0.137. The van der Waals surface area contributed by atoms with E-state index in [0.29, 0.717) is 17.2 Å². The first-order valence-electron chi connectivity index (χ1n) is 6.16. The second-order valence-electron chi connectivity index (χ2n) is 4.46. The van der Waals surface area contributed by atoms with Crippen LogP contribution in [-0.4, -0.2) is 36.6 Å². The van der Waals surface area contributed by atoms with Crippen molar-refractivity contribution in [1.82, 2.24) is 10.3 Å². The third-order valence-electron chi connectivity index (χ3n) is 2.88. The first-order chi connectivity index (χ1) is 8.61. The van der Waals surface area contributed by atoms with E-state index in [-0.39, 0.29) is 11.9 Å². The summed E-state index contributed by atoms with van der Waals surface area (Å²) in [6, 6.07) is 0.187. The predicted octanol–water partition coefficient (Wildman–Crippen LogP) is 0.403. The monoisotopic (exact) mass is 269 g/mol. The van der Waals surface area contributed by atoms with Crippen LogP contribution in [0.4, 0.5) is 10.9 Å². The first kappa shape index (κ1) is 13.1. The molecule has 7 heteroatoms. The highest BCUT2D eigenvalue weighted by Gasteiger charge is 2.24. The Labute approximate surface area is 110 Å². The Kier molecular flexibility index (Phi) is 4.03. The molecule has 1 aromatic rings. The number of hydrogen-bond donors (Lipinski definition) is 3. The largest absolute Gasteiger partial charge is 0.382 e. The molecule has 6 nitrogen and oxygen atoms in total. The molecular weight excluding hydrogens is 250 g/mol. The number of amides is 1. The molecule has 100 valence electrons. The van der Waals surface area contributed by atoms with E-state index in [1.165, 1.54) is 11.3 Å². The number of aromatic nitrogens is 1. The van der Waals surface area contributed by atoms with Gasteiger partial charge in [-0.05, 0) is 12.8 Å². The Morgan fingerprint density at radius 3 is 3.06 bits per heavy atom. The van der Waals surface area contributed by atoms with Crippen molar-refractivity contribution in [3.05, 3.63) is 4.88 Å². The number of nitrogen functional groups attached to an aromatic ring is 1. The lowest BCUT2D eigenvalue weighted by Crippen LogP contribution is -2.26. The van der Waals surface area contributed by atoms with Crippen LogP contribution in [0.2, 0.25) is 0 Å². The molecule has 0 aliphatic carbocycles. The van der Waals surface area contributed by atoms with Crippen molar-refractivity contribution in [2.75, 3.05) is 30.3 Å². The molecule has 1 atom stereocenters. The average molecular weight is 269 g/mol. The molecule has 1 aromatic heterocycles. The van der Waals surface area contributed by atoms with Gasteiger partial charge in [-0.3, -0.25) is 4.79 Å². The molecular formula is C11H19N5OS. The highest BCUT2D eigenvalue weighted by molar-refractivity contribution is 7.18. The standard InChI is InChI=1S/C11H19N5OS/c1-2-4-14-10(17)8-9(13)15-11(18-8)16-5-3-7(12)6-16/h7H,2-6,12-13H2,1H3,(H,14,17). The number of nitrogens with two attached hydrogens (primary N) is 2. The van der Waals surface area contributed by atoms with Gasteiger partial charge in [-0.2, -0.15) is 0 Å². The van der Waals surface area contributed by atoms with Crippen LogP contribution in [0.25, 0.3) is 0 Å². The van der Waals surface area contributed by atoms with E-state index in [2.05, 4.69) is 15.2 Å². The van der Waals surface area contributed by atoms with Gasteiger partial charge in [-0.25, -0.2) is 4.98 Å². The summed E-state index contributed by atoms with van der Waals surface area (Å²) in [5.41, 5.74) is 11.7. The molecule has 0 bridgehead atoms. The van der Waals surface area contributed by atoms with Gasteiger partial charge in [0.15, 0.2) is 5.13 Å². The zero-order chi connectivity index (χ0) is 13.1. The fourth-order valence-corrected chi connectivity index (χ4v) is 2.83. The number of carbonyl (C=O) groups excluding carboxylic acids is 1. The number of rotatable bonds is 4. The fraction of sp³-hybridized carbons (Fsp3) is 0.636. The molecule has 0 saturated carbocycles. The quantitative estimate of drug-likeness (QED) is 0.735. The fourth-order valence-electron chi connectivity index (χ4n) is 1.90. The Balaban J connectivity index is 2.09. The SMILES string of the molecule is CCCNC(=O)c1sc(N2CCC(N)C2)nc1N. The van der Waals surface area contributed by atoms with Gasteiger partial charge in [-0.15, -0.1) is 0 Å². The first-order valence-corrected chi connectivity index (χ1v) is 6.98. The van der Waals surface area contributed by atoms with Crippen LogP contribution >= 0.6 is 11.3 Å². The maximum atomic E-state index is 11.9. The van der Waals surface area contributed by atoms with Gasteiger partial charge < -0.3 is 21.7 Å². The van der Waals surface area contributed by atoms with Crippen LogP contribution in [0.3, 0.4) is 0 Å². The smallest absolute Gasteiger partial charge is 0.265 e. The van der Waals surface area contributed by atoms with Crippen molar-refractivity contribution in [3.63, 3.8) is 0 Å². The van der Waals surface area contributed by atoms with Gasteiger partial charge in [0, 0.05) is 25.7 Å². The zero-order valence-corrected chi connectivity index (χ0v) is 11.3. The molecule has 0 spiro atoms. The Bertz CT molecular complexity index is 433. The van der Waals surface area contributed by atoms with Gasteiger partial charge in [0.1, 0.15) is 10.7 Å². The summed E-state index contributed by atoms with van der Waals surface area (Å²) in [7, 11) is 0. The van der Waals surface area contributed by atoms with Gasteiger partial charge in [0.05, 0.1) is 0 Å². The van der Waals surface area contributed by atoms with Crippen molar-refractivity contribution in [2.45, 2.75) is 25.8 Å². The molecule has 1 aliphatic rings. The average Bonchev–Trinajstić information content (AvgIpc) is 2.92. The highest BCUT2D eigenvalue weighted by Crippen LogP contribution is 2.30.